The highest BCUT2D eigenvalue weighted by Gasteiger charge is 2.33. The van der Waals surface area contributed by atoms with Gasteiger partial charge in [-0.05, 0) is 24.1 Å². The first kappa shape index (κ1) is 16.0. The van der Waals surface area contributed by atoms with E-state index in [9.17, 15) is 9.50 Å². The summed E-state index contributed by atoms with van der Waals surface area (Å²) < 4.78 is 23.7. The largest absolute Gasteiger partial charge is 0.392 e. The second-order valence-electron chi connectivity index (χ2n) is 5.74. The minimum absolute atomic E-state index is 0.0602. The zero-order valence-electron chi connectivity index (χ0n) is 13.0. The molecule has 3 rings (SSSR count). The third-order valence-corrected chi connectivity index (χ3v) is 3.99. The molecule has 0 saturated carbocycles. The van der Waals surface area contributed by atoms with Gasteiger partial charge in [0.25, 0.3) is 0 Å². The number of aliphatic hydroxyl groups is 1. The highest BCUT2D eigenvalue weighted by atomic mass is 19.1. The normalized spacial score (nSPS) is 21.9. The second-order valence-corrected chi connectivity index (χ2v) is 5.74. The second kappa shape index (κ2) is 7.16. The van der Waals surface area contributed by atoms with Crippen LogP contribution in [0.25, 0.3) is 0 Å². The van der Waals surface area contributed by atoms with Gasteiger partial charge in [0.05, 0.1) is 19.3 Å². The molecular formula is C16H20FN3O3. The van der Waals surface area contributed by atoms with Crippen LogP contribution in [0.1, 0.15) is 29.7 Å². The molecule has 1 aliphatic rings. The van der Waals surface area contributed by atoms with Crippen LogP contribution in [0.5, 0.6) is 0 Å². The summed E-state index contributed by atoms with van der Waals surface area (Å²) >= 11 is 0. The molecular weight excluding hydrogens is 301 g/mol. The maximum Gasteiger partial charge on any atom is 0.240 e. The van der Waals surface area contributed by atoms with E-state index in [1.54, 1.807) is 13.2 Å². The van der Waals surface area contributed by atoms with Gasteiger partial charge in [-0.2, -0.15) is 4.98 Å². The topological polar surface area (TPSA) is 71.6 Å². The van der Waals surface area contributed by atoms with Crippen molar-refractivity contribution in [1.82, 2.24) is 15.0 Å². The van der Waals surface area contributed by atoms with Crippen LogP contribution in [0.4, 0.5) is 4.39 Å². The first-order valence-corrected chi connectivity index (χ1v) is 7.63. The number of likely N-dealkylation sites (tertiary alicyclic amines) is 1. The first-order chi connectivity index (χ1) is 11.2. The number of hydrogen-bond donors (Lipinski definition) is 1. The molecule has 7 heteroatoms. The predicted octanol–water partition coefficient (Wildman–Crippen LogP) is 1.71. The Kier molecular flexibility index (Phi) is 5.00. The van der Waals surface area contributed by atoms with Gasteiger partial charge in [-0.25, -0.2) is 4.39 Å². The van der Waals surface area contributed by atoms with Crippen molar-refractivity contribution in [2.24, 2.45) is 0 Å². The standard InChI is InChI=1S/C16H20FN3O3/c1-22-6-5-15-18-16(23-19-15)10-20-9-13(21)8-14(20)11-3-2-4-12(17)7-11/h2-4,7,13-14,21H,5-6,8-10H2,1H3/t13-,14-/m1/s1. The highest BCUT2D eigenvalue weighted by Crippen LogP contribution is 2.33. The summed E-state index contributed by atoms with van der Waals surface area (Å²) in [6, 6.07) is 6.42. The van der Waals surface area contributed by atoms with Gasteiger partial charge in [0.15, 0.2) is 5.82 Å². The molecule has 2 atom stereocenters. The lowest BCUT2D eigenvalue weighted by Crippen LogP contribution is -2.24. The molecule has 1 aromatic carbocycles. The number of benzene rings is 1. The molecule has 1 saturated heterocycles. The van der Waals surface area contributed by atoms with Crippen molar-refractivity contribution in [2.45, 2.75) is 31.5 Å². The van der Waals surface area contributed by atoms with E-state index in [0.717, 1.165) is 5.56 Å². The Morgan fingerprint density at radius 2 is 2.35 bits per heavy atom. The summed E-state index contributed by atoms with van der Waals surface area (Å²) in [4.78, 5) is 6.36. The molecule has 0 unspecified atom stereocenters. The number of aliphatic hydroxyl groups excluding tert-OH is 1. The van der Waals surface area contributed by atoms with Gasteiger partial charge in [-0.3, -0.25) is 4.90 Å². The van der Waals surface area contributed by atoms with Crippen molar-refractivity contribution in [1.29, 1.82) is 0 Å². The molecule has 0 aliphatic carbocycles. The fraction of sp³-hybridized carbons (Fsp3) is 0.500. The summed E-state index contributed by atoms with van der Waals surface area (Å²) in [5, 5.41) is 13.9. The average molecular weight is 321 g/mol. The van der Waals surface area contributed by atoms with Crippen molar-refractivity contribution < 1.29 is 18.8 Å². The highest BCUT2D eigenvalue weighted by molar-refractivity contribution is 5.21. The molecule has 0 radical (unpaired) electrons. The summed E-state index contributed by atoms with van der Waals surface area (Å²) in [6.45, 7) is 1.46. The van der Waals surface area contributed by atoms with E-state index in [2.05, 4.69) is 10.1 Å². The number of nitrogens with zero attached hydrogens (tertiary/aromatic N) is 3. The van der Waals surface area contributed by atoms with Gasteiger partial charge in [-0.1, -0.05) is 17.3 Å². The summed E-state index contributed by atoms with van der Waals surface area (Å²) in [7, 11) is 1.62. The van der Waals surface area contributed by atoms with E-state index < -0.39 is 6.10 Å². The monoisotopic (exact) mass is 321 g/mol. The predicted molar refractivity (Wildman–Crippen MR) is 80.1 cm³/mol. The zero-order chi connectivity index (χ0) is 16.2. The Labute approximate surface area is 133 Å². The van der Waals surface area contributed by atoms with Crippen LogP contribution in [0.15, 0.2) is 28.8 Å². The van der Waals surface area contributed by atoms with Crippen molar-refractivity contribution >= 4 is 0 Å². The third-order valence-electron chi connectivity index (χ3n) is 3.99. The van der Waals surface area contributed by atoms with Crippen molar-refractivity contribution in [3.8, 4) is 0 Å². The van der Waals surface area contributed by atoms with Crippen LogP contribution in [0, 0.1) is 5.82 Å². The van der Waals surface area contributed by atoms with Gasteiger partial charge in [-0.15, -0.1) is 0 Å². The van der Waals surface area contributed by atoms with Crippen LogP contribution >= 0.6 is 0 Å². The molecule has 2 aromatic rings. The van der Waals surface area contributed by atoms with E-state index in [0.29, 0.717) is 44.3 Å². The molecule has 0 amide bonds. The number of β-amino-alcohol motifs (C(OH)–C–C–N with tert-alkyl or cyclic N) is 1. The summed E-state index contributed by atoms with van der Waals surface area (Å²) in [6.07, 6.45) is 0.712. The molecule has 124 valence electrons. The van der Waals surface area contributed by atoms with E-state index in [4.69, 9.17) is 9.26 Å². The molecule has 1 fully saturated rings. The number of ether oxygens (including phenoxy) is 1. The van der Waals surface area contributed by atoms with Crippen LogP contribution in [0.3, 0.4) is 0 Å². The molecule has 1 aliphatic heterocycles. The van der Waals surface area contributed by atoms with Crippen LogP contribution in [0.2, 0.25) is 0 Å². The molecule has 1 aromatic heterocycles. The lowest BCUT2D eigenvalue weighted by molar-refractivity contribution is 0.164. The molecule has 23 heavy (non-hydrogen) atoms. The zero-order valence-corrected chi connectivity index (χ0v) is 13.0. The Morgan fingerprint density at radius 3 is 3.13 bits per heavy atom. The van der Waals surface area contributed by atoms with Gasteiger partial charge in [0.1, 0.15) is 5.82 Å². The molecule has 6 nitrogen and oxygen atoms in total. The molecule has 0 spiro atoms. The van der Waals surface area contributed by atoms with E-state index >= 15 is 0 Å². The fourth-order valence-electron chi connectivity index (χ4n) is 2.94. The summed E-state index contributed by atoms with van der Waals surface area (Å²) in [5.74, 6) is 0.819. The average Bonchev–Trinajstić information content (AvgIpc) is 3.12. The Hall–Kier alpha value is -1.83. The van der Waals surface area contributed by atoms with Gasteiger partial charge < -0.3 is 14.4 Å². The Morgan fingerprint density at radius 1 is 1.48 bits per heavy atom. The molecule has 2 heterocycles. The van der Waals surface area contributed by atoms with Gasteiger partial charge in [0.2, 0.25) is 5.89 Å². The number of rotatable bonds is 6. The van der Waals surface area contributed by atoms with E-state index in [-0.39, 0.29) is 11.9 Å². The van der Waals surface area contributed by atoms with Crippen LogP contribution in [-0.2, 0) is 17.7 Å². The van der Waals surface area contributed by atoms with Crippen LogP contribution in [-0.4, -0.2) is 46.5 Å². The van der Waals surface area contributed by atoms with E-state index in [1.165, 1.54) is 12.1 Å². The Bertz CT molecular complexity index is 649. The maximum absolute atomic E-state index is 13.5. The third kappa shape index (κ3) is 3.93. The lowest BCUT2D eigenvalue weighted by Gasteiger charge is -2.22. The quantitative estimate of drug-likeness (QED) is 0.873. The van der Waals surface area contributed by atoms with E-state index in [1.807, 2.05) is 11.0 Å². The van der Waals surface area contributed by atoms with Crippen molar-refractivity contribution in [3.05, 3.63) is 47.4 Å². The lowest BCUT2D eigenvalue weighted by atomic mass is 10.0. The SMILES string of the molecule is COCCc1noc(CN2C[C@H](O)C[C@@H]2c2cccc(F)c2)n1. The van der Waals surface area contributed by atoms with Gasteiger partial charge >= 0.3 is 0 Å². The molecule has 1 N–H and O–H groups in total. The fourth-order valence-corrected chi connectivity index (χ4v) is 2.94. The number of hydrogen-bond acceptors (Lipinski definition) is 6. The smallest absolute Gasteiger partial charge is 0.240 e. The minimum atomic E-state index is -0.445. The number of halogens is 1. The maximum atomic E-state index is 13.5. The number of aromatic nitrogens is 2. The van der Waals surface area contributed by atoms with Gasteiger partial charge in [0, 0.05) is 26.1 Å². The minimum Gasteiger partial charge on any atom is -0.392 e. The summed E-state index contributed by atoms with van der Waals surface area (Å²) in [5.41, 5.74) is 0.848. The van der Waals surface area contributed by atoms with Crippen LogP contribution < -0.4 is 0 Å². The number of methoxy groups -OCH3 is 1. The first-order valence-electron chi connectivity index (χ1n) is 7.63. The van der Waals surface area contributed by atoms with Crippen molar-refractivity contribution in [2.75, 3.05) is 20.3 Å². The molecule has 0 bridgehead atoms. The Balaban J connectivity index is 1.71. The van der Waals surface area contributed by atoms with Crippen molar-refractivity contribution in [3.63, 3.8) is 0 Å².